The standard InChI is InChI=1S/C6H7N3O5S/c1-3-5(9(12)13)6(8-7-3)15(14)2-4(10)11/h2H2,1H3,(H,7,8)(H,10,11)/p-1/t15-/m1/s1. The Morgan fingerprint density at radius 2 is 2.27 bits per heavy atom. The fourth-order valence-electron chi connectivity index (χ4n) is 0.950. The summed E-state index contributed by atoms with van der Waals surface area (Å²) in [6, 6.07) is 0. The number of carbonyl (C=O) groups excluding carboxylic acids is 1. The molecule has 0 aliphatic carbocycles. The minimum absolute atomic E-state index is 0.127. The molecule has 1 aromatic rings. The first kappa shape index (κ1) is 11.3. The number of nitro groups is 1. The number of aliphatic carboxylic acids is 1. The van der Waals surface area contributed by atoms with Gasteiger partial charge in [-0.15, -0.1) is 0 Å². The topological polar surface area (TPSA) is 129 Å². The lowest BCUT2D eigenvalue weighted by Crippen LogP contribution is -2.28. The van der Waals surface area contributed by atoms with E-state index in [1.165, 1.54) is 6.92 Å². The number of nitrogens with one attached hydrogen (secondary N) is 1. The summed E-state index contributed by atoms with van der Waals surface area (Å²) in [6.07, 6.45) is 0. The van der Waals surface area contributed by atoms with E-state index in [0.717, 1.165) is 0 Å². The third kappa shape index (κ3) is 2.37. The summed E-state index contributed by atoms with van der Waals surface area (Å²) in [6.45, 7) is 1.38. The molecule has 0 aliphatic rings. The first-order valence-corrected chi connectivity index (χ1v) is 5.03. The summed E-state index contributed by atoms with van der Waals surface area (Å²) >= 11 is 0. The highest BCUT2D eigenvalue weighted by atomic mass is 32.2. The quantitative estimate of drug-likeness (QED) is 0.496. The summed E-state index contributed by atoms with van der Waals surface area (Å²) < 4.78 is 11.3. The molecule has 0 radical (unpaired) electrons. The Balaban J connectivity index is 3.09. The maximum atomic E-state index is 11.3. The number of H-pyrrole nitrogens is 1. The van der Waals surface area contributed by atoms with Gasteiger partial charge in [-0.2, -0.15) is 5.10 Å². The summed E-state index contributed by atoms with van der Waals surface area (Å²) in [7, 11) is -2.07. The smallest absolute Gasteiger partial charge is 0.326 e. The molecule has 0 amide bonds. The second-order valence-electron chi connectivity index (χ2n) is 2.62. The van der Waals surface area contributed by atoms with Crippen LogP contribution in [0.3, 0.4) is 0 Å². The van der Waals surface area contributed by atoms with Gasteiger partial charge in [0.1, 0.15) is 5.69 Å². The lowest BCUT2D eigenvalue weighted by molar-refractivity contribution is -0.388. The van der Waals surface area contributed by atoms with Crippen LogP contribution >= 0.6 is 0 Å². The van der Waals surface area contributed by atoms with E-state index in [4.69, 9.17) is 0 Å². The molecular formula is C6H6N3O5S-. The van der Waals surface area contributed by atoms with Gasteiger partial charge in [0.05, 0.1) is 27.4 Å². The lowest BCUT2D eigenvalue weighted by atomic mass is 10.4. The van der Waals surface area contributed by atoms with Gasteiger partial charge in [-0.1, -0.05) is 0 Å². The molecule has 82 valence electrons. The highest BCUT2D eigenvalue weighted by Gasteiger charge is 2.25. The zero-order valence-electron chi connectivity index (χ0n) is 7.55. The Hall–Kier alpha value is -1.77. The molecule has 0 saturated heterocycles. The van der Waals surface area contributed by atoms with E-state index in [2.05, 4.69) is 10.2 Å². The number of hydrogen-bond acceptors (Lipinski definition) is 6. The van der Waals surface area contributed by atoms with Gasteiger partial charge in [-0.25, -0.2) is 0 Å². The van der Waals surface area contributed by atoms with Crippen molar-refractivity contribution in [2.45, 2.75) is 11.9 Å². The Morgan fingerprint density at radius 3 is 2.73 bits per heavy atom. The van der Waals surface area contributed by atoms with Crippen LogP contribution in [0, 0.1) is 17.0 Å². The molecule has 1 atom stereocenters. The minimum atomic E-state index is -2.07. The normalized spacial score (nSPS) is 12.3. The van der Waals surface area contributed by atoms with Crippen LogP contribution in [0.4, 0.5) is 5.69 Å². The number of aromatic amines is 1. The Labute approximate surface area is 85.9 Å². The van der Waals surface area contributed by atoms with Gasteiger partial charge in [0.2, 0.25) is 5.03 Å². The SMILES string of the molecule is Cc1[nH]nc([S@](=O)CC(=O)[O-])c1[N+](=O)[O-]. The van der Waals surface area contributed by atoms with Crippen LogP contribution in [0.25, 0.3) is 0 Å². The molecule has 0 spiro atoms. The molecule has 0 aliphatic heterocycles. The molecule has 0 fully saturated rings. The molecule has 15 heavy (non-hydrogen) atoms. The Morgan fingerprint density at radius 1 is 1.67 bits per heavy atom. The number of carbonyl (C=O) groups is 1. The zero-order valence-corrected chi connectivity index (χ0v) is 8.37. The average molecular weight is 232 g/mol. The van der Waals surface area contributed by atoms with Gasteiger partial charge in [-0.05, 0) is 6.92 Å². The molecule has 0 saturated carbocycles. The molecule has 0 unspecified atom stereocenters. The van der Waals surface area contributed by atoms with E-state index in [0.29, 0.717) is 0 Å². The predicted molar refractivity (Wildman–Crippen MR) is 46.3 cm³/mol. The summed E-state index contributed by atoms with van der Waals surface area (Å²) in [5, 5.41) is 26.0. The number of nitrogens with zero attached hydrogens (tertiary/aromatic N) is 2. The van der Waals surface area contributed by atoms with Crippen LogP contribution in [0.15, 0.2) is 5.03 Å². The van der Waals surface area contributed by atoms with E-state index in [1.807, 2.05) is 0 Å². The molecule has 1 N–H and O–H groups in total. The van der Waals surface area contributed by atoms with Crippen LogP contribution in [0.1, 0.15) is 5.69 Å². The van der Waals surface area contributed by atoms with Crippen molar-refractivity contribution in [1.82, 2.24) is 10.2 Å². The fraction of sp³-hybridized carbons (Fsp3) is 0.333. The summed E-state index contributed by atoms with van der Waals surface area (Å²) in [5.74, 6) is -2.37. The van der Waals surface area contributed by atoms with Crippen molar-refractivity contribution in [2.24, 2.45) is 0 Å². The second-order valence-corrected chi connectivity index (χ2v) is 3.99. The van der Waals surface area contributed by atoms with E-state index >= 15 is 0 Å². The molecule has 0 aromatic carbocycles. The van der Waals surface area contributed by atoms with Gasteiger partial charge < -0.3 is 9.90 Å². The zero-order chi connectivity index (χ0) is 11.6. The third-order valence-corrected chi connectivity index (χ3v) is 2.74. The van der Waals surface area contributed by atoms with Crippen LogP contribution < -0.4 is 5.11 Å². The summed E-state index contributed by atoms with van der Waals surface area (Å²) in [4.78, 5) is 19.9. The van der Waals surface area contributed by atoms with Crippen LogP contribution in [0.2, 0.25) is 0 Å². The number of aromatic nitrogens is 2. The van der Waals surface area contributed by atoms with E-state index in [1.54, 1.807) is 0 Å². The van der Waals surface area contributed by atoms with Crippen molar-refractivity contribution in [1.29, 1.82) is 0 Å². The largest absolute Gasteiger partial charge is 0.549 e. The highest BCUT2D eigenvalue weighted by Crippen LogP contribution is 2.22. The van der Waals surface area contributed by atoms with Crippen molar-refractivity contribution in [3.05, 3.63) is 15.8 Å². The molecule has 1 heterocycles. The van der Waals surface area contributed by atoms with Gasteiger partial charge in [0.15, 0.2) is 0 Å². The van der Waals surface area contributed by atoms with Crippen LogP contribution in [-0.4, -0.2) is 31.1 Å². The number of aryl methyl sites for hydroxylation is 1. The van der Waals surface area contributed by atoms with Crippen molar-refractivity contribution in [2.75, 3.05) is 5.75 Å². The van der Waals surface area contributed by atoms with E-state index in [-0.39, 0.29) is 10.7 Å². The molecule has 8 nitrogen and oxygen atoms in total. The van der Waals surface area contributed by atoms with Gasteiger partial charge in [0.25, 0.3) is 0 Å². The second kappa shape index (κ2) is 4.17. The third-order valence-electron chi connectivity index (χ3n) is 1.53. The number of hydrogen-bond donors (Lipinski definition) is 1. The van der Waals surface area contributed by atoms with E-state index in [9.17, 15) is 24.2 Å². The number of carboxylic acids is 1. The predicted octanol–water partition coefficient (Wildman–Crippen LogP) is -1.52. The first-order chi connectivity index (χ1) is 6.93. The monoisotopic (exact) mass is 232 g/mol. The highest BCUT2D eigenvalue weighted by molar-refractivity contribution is 7.85. The van der Waals surface area contributed by atoms with Crippen LogP contribution in [0.5, 0.6) is 0 Å². The first-order valence-electron chi connectivity index (χ1n) is 3.71. The summed E-state index contributed by atoms with van der Waals surface area (Å²) in [5.41, 5.74) is -0.323. The van der Waals surface area contributed by atoms with Crippen molar-refractivity contribution >= 4 is 22.5 Å². The molecular weight excluding hydrogens is 226 g/mol. The lowest BCUT2D eigenvalue weighted by Gasteiger charge is -1.98. The van der Waals surface area contributed by atoms with Gasteiger partial charge in [0, 0.05) is 0 Å². The molecule has 1 rings (SSSR count). The van der Waals surface area contributed by atoms with Gasteiger partial charge >= 0.3 is 5.69 Å². The van der Waals surface area contributed by atoms with Crippen molar-refractivity contribution < 1.29 is 19.0 Å². The van der Waals surface area contributed by atoms with Crippen LogP contribution in [-0.2, 0) is 15.6 Å². The van der Waals surface area contributed by atoms with Crippen molar-refractivity contribution in [3.8, 4) is 0 Å². The van der Waals surface area contributed by atoms with Crippen molar-refractivity contribution in [3.63, 3.8) is 0 Å². The molecule has 9 heteroatoms. The maximum Gasteiger partial charge on any atom is 0.326 e. The average Bonchev–Trinajstić information content (AvgIpc) is 2.45. The fourth-order valence-corrected chi connectivity index (χ4v) is 1.89. The minimum Gasteiger partial charge on any atom is -0.549 e. The maximum absolute atomic E-state index is 11.3. The Bertz CT molecular complexity index is 440. The molecule has 1 aromatic heterocycles. The Kier molecular flexibility index (Phi) is 3.14. The van der Waals surface area contributed by atoms with Gasteiger partial charge in [-0.3, -0.25) is 19.4 Å². The molecule has 0 bridgehead atoms. The number of rotatable bonds is 4. The number of carboxylic acid groups (broad SMARTS) is 1. The van der Waals surface area contributed by atoms with E-state index < -0.39 is 33.1 Å².